The lowest BCUT2D eigenvalue weighted by atomic mass is 9.96. The van der Waals surface area contributed by atoms with Gasteiger partial charge in [0.2, 0.25) is 5.91 Å². The molecule has 0 aliphatic carbocycles. The molecule has 154 valence electrons. The molecule has 3 N–H and O–H groups in total. The Kier molecular flexibility index (Phi) is 6.82. The lowest BCUT2D eigenvalue weighted by molar-refractivity contribution is -0.137. The van der Waals surface area contributed by atoms with Gasteiger partial charge in [-0.25, -0.2) is 9.59 Å². The Morgan fingerprint density at radius 2 is 1.75 bits per heavy atom. The first-order valence-electron chi connectivity index (χ1n) is 9.26. The maximum atomic E-state index is 12.4. The molecule has 0 saturated carbocycles. The summed E-state index contributed by atoms with van der Waals surface area (Å²) in [6.07, 6.45) is 0.726. The predicted molar refractivity (Wildman–Crippen MR) is 99.6 cm³/mol. The van der Waals surface area contributed by atoms with E-state index in [0.29, 0.717) is 42.8 Å². The number of nitrogens with two attached hydrogens (primary N) is 1. The zero-order chi connectivity index (χ0) is 21.0. The van der Waals surface area contributed by atoms with Gasteiger partial charge in [0.25, 0.3) is 5.91 Å². The van der Waals surface area contributed by atoms with Crippen LogP contribution in [0.3, 0.4) is 0 Å². The number of hydrogen-bond donors (Lipinski definition) is 2. The summed E-state index contributed by atoms with van der Waals surface area (Å²) in [5.41, 5.74) is 6.61. The van der Waals surface area contributed by atoms with Gasteiger partial charge in [-0.2, -0.15) is 0 Å². The maximum Gasteiger partial charge on any atom is 0.355 e. The Labute approximate surface area is 163 Å². The molecule has 2 rings (SSSR count). The number of piperidine rings is 1. The molecule has 1 saturated heterocycles. The Morgan fingerprint density at radius 1 is 1.14 bits per heavy atom. The third-order valence-corrected chi connectivity index (χ3v) is 4.77. The van der Waals surface area contributed by atoms with Gasteiger partial charge in [-0.1, -0.05) is 0 Å². The molecule has 1 fully saturated rings. The number of likely N-dealkylation sites (tertiary alicyclic amines) is 1. The first kappa shape index (κ1) is 21.5. The Balaban J connectivity index is 1.96. The molecular formula is C19H27N3O6. The number of carbonyl (C=O) groups excluding carboxylic acids is 4. The maximum absolute atomic E-state index is 12.4. The van der Waals surface area contributed by atoms with E-state index in [1.165, 1.54) is 0 Å². The summed E-state index contributed by atoms with van der Waals surface area (Å²) in [7, 11) is 0. The largest absolute Gasteiger partial charge is 0.459 e. The lowest BCUT2D eigenvalue weighted by Crippen LogP contribution is -2.43. The second-order valence-corrected chi connectivity index (χ2v) is 7.21. The molecule has 0 unspecified atom stereocenters. The molecule has 1 aromatic heterocycles. The second kappa shape index (κ2) is 8.90. The van der Waals surface area contributed by atoms with E-state index in [9.17, 15) is 19.2 Å². The van der Waals surface area contributed by atoms with Crippen molar-refractivity contribution in [1.82, 2.24) is 9.88 Å². The van der Waals surface area contributed by atoms with Crippen LogP contribution in [0.4, 0.5) is 0 Å². The van der Waals surface area contributed by atoms with Gasteiger partial charge in [-0.05, 0) is 46.1 Å². The summed E-state index contributed by atoms with van der Waals surface area (Å²) in [4.78, 5) is 52.4. The Bertz CT molecular complexity index is 775. The fourth-order valence-electron chi connectivity index (χ4n) is 3.24. The van der Waals surface area contributed by atoms with Crippen molar-refractivity contribution >= 4 is 23.8 Å². The van der Waals surface area contributed by atoms with Crippen molar-refractivity contribution in [3.05, 3.63) is 22.5 Å². The molecule has 28 heavy (non-hydrogen) atoms. The number of nitrogens with zero attached hydrogens (tertiary/aromatic N) is 1. The molecule has 0 aromatic carbocycles. The van der Waals surface area contributed by atoms with Crippen LogP contribution in [-0.2, 0) is 19.1 Å². The predicted octanol–water partition coefficient (Wildman–Crippen LogP) is 1.08. The minimum atomic E-state index is -0.718. The summed E-state index contributed by atoms with van der Waals surface area (Å²) < 4.78 is 10.3. The highest BCUT2D eigenvalue weighted by Crippen LogP contribution is 2.21. The molecule has 1 aliphatic heterocycles. The highest BCUT2D eigenvalue weighted by molar-refractivity contribution is 5.99. The van der Waals surface area contributed by atoms with Crippen LogP contribution >= 0.6 is 0 Å². The number of rotatable bonds is 6. The summed E-state index contributed by atoms with van der Waals surface area (Å²) in [5, 5.41) is 0. The van der Waals surface area contributed by atoms with Gasteiger partial charge in [-0.3, -0.25) is 9.59 Å². The molecule has 0 radical (unpaired) electrons. The van der Waals surface area contributed by atoms with Crippen molar-refractivity contribution in [3.63, 3.8) is 0 Å². The number of ether oxygens (including phenoxy) is 2. The molecule has 9 nitrogen and oxygen atoms in total. The third kappa shape index (κ3) is 4.90. The second-order valence-electron chi connectivity index (χ2n) is 7.21. The number of primary amides is 1. The van der Waals surface area contributed by atoms with Crippen LogP contribution < -0.4 is 5.73 Å². The normalized spacial score (nSPS) is 14.8. The minimum Gasteiger partial charge on any atom is -0.459 e. The summed E-state index contributed by atoms with van der Waals surface area (Å²) in [6.45, 7) is 7.14. The fourth-order valence-corrected chi connectivity index (χ4v) is 3.24. The first-order valence-corrected chi connectivity index (χ1v) is 9.26. The van der Waals surface area contributed by atoms with E-state index in [2.05, 4.69) is 4.98 Å². The summed E-state index contributed by atoms with van der Waals surface area (Å²) in [5.74, 6) is -2.15. The van der Waals surface area contributed by atoms with E-state index >= 15 is 0 Å². The fraction of sp³-hybridized carbons (Fsp3) is 0.579. The molecular weight excluding hydrogens is 366 g/mol. The topological polar surface area (TPSA) is 132 Å². The Morgan fingerprint density at radius 3 is 2.29 bits per heavy atom. The van der Waals surface area contributed by atoms with E-state index in [1.807, 2.05) is 0 Å². The standard InChI is InChI=1S/C19H27N3O6/c1-10(2)28-18(25)15-11(3)16(21-12(15)4)19(26)27-9-14(23)22-7-5-13(6-8-22)17(20)24/h10,13,21H,5-9H2,1-4H3,(H2,20,24). The van der Waals surface area contributed by atoms with Gasteiger partial charge < -0.3 is 25.1 Å². The van der Waals surface area contributed by atoms with E-state index in [0.717, 1.165) is 0 Å². The highest BCUT2D eigenvalue weighted by Gasteiger charge is 2.28. The van der Waals surface area contributed by atoms with E-state index in [1.54, 1.807) is 32.6 Å². The van der Waals surface area contributed by atoms with E-state index in [4.69, 9.17) is 15.2 Å². The number of aromatic nitrogens is 1. The van der Waals surface area contributed by atoms with Crippen LogP contribution in [-0.4, -0.2) is 59.4 Å². The zero-order valence-electron chi connectivity index (χ0n) is 16.7. The molecule has 0 atom stereocenters. The molecule has 0 spiro atoms. The SMILES string of the molecule is Cc1[nH]c(C(=O)OCC(=O)N2CCC(C(N)=O)CC2)c(C)c1C(=O)OC(C)C. The average Bonchev–Trinajstić information content (AvgIpc) is 2.93. The number of amides is 2. The highest BCUT2D eigenvalue weighted by atomic mass is 16.5. The van der Waals surface area contributed by atoms with Crippen molar-refractivity contribution in [2.24, 2.45) is 11.7 Å². The molecule has 2 amide bonds. The quantitative estimate of drug-likeness (QED) is 0.695. The number of aryl methyl sites for hydroxylation is 1. The number of nitrogens with one attached hydrogen (secondary N) is 1. The van der Waals surface area contributed by atoms with E-state index < -0.39 is 18.5 Å². The third-order valence-electron chi connectivity index (χ3n) is 4.77. The minimum absolute atomic E-state index is 0.119. The van der Waals surface area contributed by atoms with Crippen LogP contribution in [0.1, 0.15) is 58.8 Å². The molecule has 2 heterocycles. The smallest absolute Gasteiger partial charge is 0.355 e. The van der Waals surface area contributed by atoms with E-state index in [-0.39, 0.29) is 29.5 Å². The monoisotopic (exact) mass is 393 g/mol. The number of aromatic amines is 1. The molecule has 1 aromatic rings. The van der Waals surface area contributed by atoms with Crippen LogP contribution in [0, 0.1) is 19.8 Å². The van der Waals surface area contributed by atoms with Crippen LogP contribution in [0.25, 0.3) is 0 Å². The number of esters is 2. The molecule has 0 bridgehead atoms. The van der Waals surface area contributed by atoms with Crippen molar-refractivity contribution in [2.45, 2.75) is 46.6 Å². The van der Waals surface area contributed by atoms with Crippen molar-refractivity contribution in [2.75, 3.05) is 19.7 Å². The number of hydrogen-bond acceptors (Lipinski definition) is 6. The van der Waals surface area contributed by atoms with Crippen molar-refractivity contribution in [1.29, 1.82) is 0 Å². The van der Waals surface area contributed by atoms with Gasteiger partial charge >= 0.3 is 11.9 Å². The number of H-pyrrole nitrogens is 1. The van der Waals surface area contributed by atoms with Gasteiger partial charge in [0, 0.05) is 24.7 Å². The summed E-state index contributed by atoms with van der Waals surface area (Å²) in [6, 6.07) is 0. The van der Waals surface area contributed by atoms with Gasteiger partial charge in [0.05, 0.1) is 11.7 Å². The van der Waals surface area contributed by atoms with Gasteiger partial charge in [0.1, 0.15) is 5.69 Å². The van der Waals surface area contributed by atoms with Crippen molar-refractivity contribution < 1.29 is 28.7 Å². The number of carbonyl (C=O) groups is 4. The van der Waals surface area contributed by atoms with Crippen LogP contribution in [0.2, 0.25) is 0 Å². The summed E-state index contributed by atoms with van der Waals surface area (Å²) >= 11 is 0. The van der Waals surface area contributed by atoms with Crippen LogP contribution in [0.5, 0.6) is 0 Å². The average molecular weight is 393 g/mol. The van der Waals surface area contributed by atoms with Gasteiger partial charge in [-0.15, -0.1) is 0 Å². The van der Waals surface area contributed by atoms with Crippen LogP contribution in [0.15, 0.2) is 0 Å². The van der Waals surface area contributed by atoms with Gasteiger partial charge in [0.15, 0.2) is 6.61 Å². The molecule has 1 aliphatic rings. The lowest BCUT2D eigenvalue weighted by Gasteiger charge is -2.30. The Hall–Kier alpha value is -2.84. The zero-order valence-corrected chi connectivity index (χ0v) is 16.7. The van der Waals surface area contributed by atoms with Crippen molar-refractivity contribution in [3.8, 4) is 0 Å². The molecule has 9 heteroatoms. The first-order chi connectivity index (χ1) is 13.1.